The molecule has 192 valence electrons. The van der Waals surface area contributed by atoms with Crippen molar-refractivity contribution in [3.63, 3.8) is 0 Å². The summed E-state index contributed by atoms with van der Waals surface area (Å²) < 4.78 is 45.0. The summed E-state index contributed by atoms with van der Waals surface area (Å²) in [6.45, 7) is 6.84. The zero-order valence-corrected chi connectivity index (χ0v) is 21.5. The maximum atomic E-state index is 12.7. The van der Waals surface area contributed by atoms with Crippen molar-refractivity contribution in [2.75, 3.05) is 12.4 Å². The molecule has 0 amide bonds. The molecule has 9 heteroatoms. The molecular formula is C27H30F3N3O2S. The molecule has 1 aliphatic rings. The summed E-state index contributed by atoms with van der Waals surface area (Å²) in [5.74, 6) is 0.753. The molecule has 0 aliphatic heterocycles. The average molecular weight is 518 g/mol. The van der Waals surface area contributed by atoms with Gasteiger partial charge in [-0.2, -0.15) is 13.2 Å². The minimum atomic E-state index is -4.33. The lowest BCUT2D eigenvalue weighted by Gasteiger charge is -2.40. The fourth-order valence-electron chi connectivity index (χ4n) is 5.27. The van der Waals surface area contributed by atoms with Crippen molar-refractivity contribution in [1.82, 2.24) is 9.55 Å². The SMILES string of the molecule is COC(=O)/C=C/c1ccc2c(c1)nc(Nc1ccc(SC(F)(F)F)cc1)n2[C@@H]1C[C@H](C)CC(C)(C)C1. The molecule has 1 heterocycles. The Bertz CT molecular complexity index is 1270. The highest BCUT2D eigenvalue weighted by molar-refractivity contribution is 8.00. The van der Waals surface area contributed by atoms with Gasteiger partial charge >= 0.3 is 11.5 Å². The van der Waals surface area contributed by atoms with Crippen molar-refractivity contribution < 1.29 is 22.7 Å². The van der Waals surface area contributed by atoms with Crippen molar-refractivity contribution in [3.8, 4) is 0 Å². The maximum Gasteiger partial charge on any atom is 0.446 e. The van der Waals surface area contributed by atoms with Crippen molar-refractivity contribution in [2.24, 2.45) is 11.3 Å². The van der Waals surface area contributed by atoms with Crippen LogP contribution in [-0.4, -0.2) is 28.1 Å². The Hall–Kier alpha value is -2.94. The number of fused-ring (bicyclic) bond motifs is 1. The van der Waals surface area contributed by atoms with Crippen LogP contribution >= 0.6 is 11.8 Å². The number of methoxy groups -OCH3 is 1. The van der Waals surface area contributed by atoms with Crippen LogP contribution in [0, 0.1) is 11.3 Å². The Labute approximate surface area is 213 Å². The van der Waals surface area contributed by atoms with Crippen LogP contribution in [0.4, 0.5) is 24.8 Å². The van der Waals surface area contributed by atoms with Crippen LogP contribution in [0.15, 0.2) is 53.4 Å². The number of ether oxygens (including phenoxy) is 1. The first kappa shape index (κ1) is 26.1. The van der Waals surface area contributed by atoms with E-state index in [1.807, 2.05) is 18.2 Å². The van der Waals surface area contributed by atoms with Gasteiger partial charge in [0, 0.05) is 22.7 Å². The number of carbonyl (C=O) groups is 1. The Kier molecular flexibility index (Phi) is 7.41. The second-order valence-corrected chi connectivity index (χ2v) is 11.3. The zero-order chi connectivity index (χ0) is 26.1. The molecule has 1 saturated carbocycles. The van der Waals surface area contributed by atoms with Gasteiger partial charge in [0.2, 0.25) is 5.95 Å². The molecular weight excluding hydrogens is 487 g/mol. The molecule has 5 nitrogen and oxygen atoms in total. The quantitative estimate of drug-likeness (QED) is 0.204. The number of nitrogens with zero attached hydrogens (tertiary/aromatic N) is 2. The number of halogens is 3. The molecule has 3 aromatic rings. The molecule has 0 unspecified atom stereocenters. The van der Waals surface area contributed by atoms with Crippen LogP contribution in [0.3, 0.4) is 0 Å². The van der Waals surface area contributed by atoms with E-state index in [1.54, 1.807) is 18.2 Å². The van der Waals surface area contributed by atoms with Gasteiger partial charge in [-0.1, -0.05) is 26.8 Å². The van der Waals surface area contributed by atoms with Crippen LogP contribution < -0.4 is 5.32 Å². The number of imidazole rings is 1. The number of alkyl halides is 3. The van der Waals surface area contributed by atoms with Crippen molar-refractivity contribution in [3.05, 3.63) is 54.1 Å². The van der Waals surface area contributed by atoms with Gasteiger partial charge in [-0.25, -0.2) is 9.78 Å². The highest BCUT2D eigenvalue weighted by Gasteiger charge is 2.34. The fourth-order valence-corrected chi connectivity index (χ4v) is 5.81. The molecule has 36 heavy (non-hydrogen) atoms. The highest BCUT2D eigenvalue weighted by Crippen LogP contribution is 2.46. The number of rotatable bonds is 6. The predicted octanol–water partition coefficient (Wildman–Crippen LogP) is 7.97. The van der Waals surface area contributed by atoms with Gasteiger partial charge in [-0.05, 0) is 90.4 Å². The van der Waals surface area contributed by atoms with Crippen LogP contribution in [-0.2, 0) is 9.53 Å². The summed E-state index contributed by atoms with van der Waals surface area (Å²) in [6.07, 6.45) is 6.19. The molecule has 1 aliphatic carbocycles. The first-order valence-corrected chi connectivity index (χ1v) is 12.6. The largest absolute Gasteiger partial charge is 0.466 e. The molecule has 0 saturated heterocycles. The van der Waals surface area contributed by atoms with Crippen LogP contribution in [0.1, 0.15) is 51.6 Å². The summed E-state index contributed by atoms with van der Waals surface area (Å²) in [5, 5.41) is 3.34. The first-order valence-electron chi connectivity index (χ1n) is 11.8. The minimum absolute atomic E-state index is 0.131. The third-order valence-corrected chi connectivity index (χ3v) is 7.14. The number of aromatic nitrogens is 2. The molecule has 2 atom stereocenters. The topological polar surface area (TPSA) is 56.1 Å². The van der Waals surface area contributed by atoms with Crippen molar-refractivity contribution >= 4 is 46.5 Å². The Morgan fingerprint density at radius 1 is 1.19 bits per heavy atom. The van der Waals surface area contributed by atoms with E-state index in [0.717, 1.165) is 35.9 Å². The number of carbonyl (C=O) groups excluding carboxylic acids is 1. The van der Waals surface area contributed by atoms with Crippen LogP contribution in [0.25, 0.3) is 17.1 Å². The fraction of sp³-hybridized carbons (Fsp3) is 0.407. The maximum absolute atomic E-state index is 12.7. The number of hydrogen-bond donors (Lipinski definition) is 1. The second kappa shape index (κ2) is 10.2. The van der Waals surface area contributed by atoms with E-state index in [9.17, 15) is 18.0 Å². The lowest BCUT2D eigenvalue weighted by atomic mass is 9.70. The van der Waals surface area contributed by atoms with Gasteiger partial charge in [0.1, 0.15) is 0 Å². The molecule has 1 aromatic heterocycles. The van der Waals surface area contributed by atoms with E-state index < -0.39 is 11.5 Å². The van der Waals surface area contributed by atoms with Crippen LogP contribution in [0.2, 0.25) is 0 Å². The average Bonchev–Trinajstić information content (AvgIpc) is 3.13. The van der Waals surface area contributed by atoms with E-state index in [-0.39, 0.29) is 28.1 Å². The third-order valence-electron chi connectivity index (χ3n) is 6.40. The standard InChI is InChI=1S/C27H30F3N3O2S/c1-17-13-20(16-26(2,3)15-17)33-23-11-5-18(6-12-24(34)35-4)14-22(23)32-25(33)31-19-7-9-21(10-8-19)36-27(28,29)30/h5-12,14,17,20H,13,15-16H2,1-4H3,(H,31,32)/b12-6+/t17-,20+/m0/s1. The second-order valence-electron chi connectivity index (χ2n) is 10.2. The van der Waals surface area contributed by atoms with E-state index >= 15 is 0 Å². The summed E-state index contributed by atoms with van der Waals surface area (Å²) in [5.41, 5.74) is -0.942. The number of hydrogen-bond acceptors (Lipinski definition) is 5. The first-order chi connectivity index (χ1) is 16.9. The van der Waals surface area contributed by atoms with E-state index in [2.05, 4.69) is 35.4 Å². The van der Waals surface area contributed by atoms with Gasteiger partial charge in [-0.3, -0.25) is 0 Å². The van der Waals surface area contributed by atoms with Crippen molar-refractivity contribution in [2.45, 2.75) is 56.5 Å². The number of nitrogens with one attached hydrogen (secondary N) is 1. The Morgan fingerprint density at radius 2 is 1.92 bits per heavy atom. The number of esters is 1. The lowest BCUT2D eigenvalue weighted by Crippen LogP contribution is -2.29. The summed E-state index contributed by atoms with van der Waals surface area (Å²) in [7, 11) is 1.33. The smallest absolute Gasteiger partial charge is 0.446 e. The normalized spacial score (nSPS) is 20.1. The monoisotopic (exact) mass is 517 g/mol. The van der Waals surface area contributed by atoms with Gasteiger partial charge in [0.05, 0.1) is 18.1 Å². The van der Waals surface area contributed by atoms with Crippen molar-refractivity contribution in [1.29, 1.82) is 0 Å². The Balaban J connectivity index is 1.72. The van der Waals surface area contributed by atoms with Gasteiger partial charge in [-0.15, -0.1) is 0 Å². The highest BCUT2D eigenvalue weighted by atomic mass is 32.2. The molecule has 2 aromatic carbocycles. The van der Waals surface area contributed by atoms with E-state index in [4.69, 9.17) is 4.98 Å². The number of anilines is 2. The van der Waals surface area contributed by atoms with Gasteiger partial charge in [0.25, 0.3) is 0 Å². The summed E-state index contributed by atoms with van der Waals surface area (Å²) in [4.78, 5) is 16.5. The summed E-state index contributed by atoms with van der Waals surface area (Å²) >= 11 is -0.133. The minimum Gasteiger partial charge on any atom is -0.466 e. The third kappa shape index (κ3) is 6.43. The Morgan fingerprint density at radius 3 is 2.56 bits per heavy atom. The molecule has 0 spiro atoms. The number of benzene rings is 2. The van der Waals surface area contributed by atoms with E-state index in [0.29, 0.717) is 17.6 Å². The number of thioether (sulfide) groups is 1. The van der Waals surface area contributed by atoms with E-state index in [1.165, 1.54) is 25.3 Å². The molecule has 0 radical (unpaired) electrons. The zero-order valence-electron chi connectivity index (χ0n) is 20.7. The van der Waals surface area contributed by atoms with Crippen LogP contribution in [0.5, 0.6) is 0 Å². The molecule has 1 N–H and O–H groups in total. The van der Waals surface area contributed by atoms with Gasteiger partial charge in [0.15, 0.2) is 0 Å². The lowest BCUT2D eigenvalue weighted by molar-refractivity contribution is -0.134. The predicted molar refractivity (Wildman–Crippen MR) is 138 cm³/mol. The van der Waals surface area contributed by atoms with Gasteiger partial charge < -0.3 is 14.6 Å². The molecule has 0 bridgehead atoms. The molecule has 1 fully saturated rings. The molecule has 4 rings (SSSR count). The summed E-state index contributed by atoms with van der Waals surface area (Å²) in [6, 6.07) is 12.2.